The standard InChI is InChI=1S/C14H19N5O/c1-17-3-5-19(6-4-17)9-13(20)11-7-12-14(15-8-11)18(2)10-16-12/h7-8,10H,3-6,9H2,1-2H3. The Balaban J connectivity index is 1.72. The van der Waals surface area contributed by atoms with Gasteiger partial charge in [-0.15, -0.1) is 0 Å². The van der Waals surface area contributed by atoms with Gasteiger partial charge in [-0.1, -0.05) is 0 Å². The van der Waals surface area contributed by atoms with E-state index in [1.807, 2.05) is 17.7 Å². The molecular weight excluding hydrogens is 254 g/mol. The Hall–Kier alpha value is -1.79. The van der Waals surface area contributed by atoms with Crippen LogP contribution in [0, 0.1) is 0 Å². The van der Waals surface area contributed by atoms with Crippen molar-refractivity contribution in [2.45, 2.75) is 0 Å². The fourth-order valence-corrected chi connectivity index (χ4v) is 2.47. The number of carbonyl (C=O) groups is 1. The Bertz CT molecular complexity index is 628. The molecule has 6 nitrogen and oxygen atoms in total. The number of pyridine rings is 1. The zero-order valence-electron chi connectivity index (χ0n) is 11.9. The predicted octanol–water partition coefficient (Wildman–Crippen LogP) is 0.398. The first-order chi connectivity index (χ1) is 9.63. The summed E-state index contributed by atoms with van der Waals surface area (Å²) in [7, 11) is 4.01. The number of rotatable bonds is 3. The van der Waals surface area contributed by atoms with Crippen molar-refractivity contribution in [3.05, 3.63) is 24.2 Å². The maximum absolute atomic E-state index is 12.3. The van der Waals surface area contributed by atoms with Crippen molar-refractivity contribution in [1.29, 1.82) is 0 Å². The van der Waals surface area contributed by atoms with Gasteiger partial charge in [0, 0.05) is 45.0 Å². The van der Waals surface area contributed by atoms with Gasteiger partial charge in [0.1, 0.15) is 5.52 Å². The molecule has 3 rings (SSSR count). The highest BCUT2D eigenvalue weighted by Crippen LogP contribution is 2.12. The summed E-state index contributed by atoms with van der Waals surface area (Å²) in [4.78, 5) is 25.4. The molecule has 0 saturated carbocycles. The molecule has 3 heterocycles. The van der Waals surface area contributed by atoms with E-state index in [4.69, 9.17) is 0 Å². The molecule has 106 valence electrons. The fraction of sp³-hybridized carbons (Fsp3) is 0.500. The summed E-state index contributed by atoms with van der Waals surface area (Å²) in [5.74, 6) is 0.120. The lowest BCUT2D eigenvalue weighted by molar-refractivity contribution is 0.0876. The molecule has 1 fully saturated rings. The molecule has 6 heteroatoms. The van der Waals surface area contributed by atoms with Gasteiger partial charge >= 0.3 is 0 Å². The van der Waals surface area contributed by atoms with Crippen LogP contribution in [0.4, 0.5) is 0 Å². The third-order valence-electron chi connectivity index (χ3n) is 3.84. The minimum Gasteiger partial charge on any atom is -0.318 e. The second-order valence-corrected chi connectivity index (χ2v) is 5.42. The molecule has 0 aromatic carbocycles. The van der Waals surface area contributed by atoms with Crippen LogP contribution in [0.15, 0.2) is 18.6 Å². The third kappa shape index (κ3) is 2.57. The summed E-state index contributed by atoms with van der Waals surface area (Å²) >= 11 is 0. The van der Waals surface area contributed by atoms with Crippen LogP contribution in [-0.4, -0.2) is 69.9 Å². The monoisotopic (exact) mass is 273 g/mol. The largest absolute Gasteiger partial charge is 0.318 e. The van der Waals surface area contributed by atoms with E-state index in [2.05, 4.69) is 26.8 Å². The van der Waals surface area contributed by atoms with Crippen LogP contribution in [0.1, 0.15) is 10.4 Å². The van der Waals surface area contributed by atoms with Gasteiger partial charge < -0.3 is 9.47 Å². The SMILES string of the molecule is CN1CCN(CC(=O)c2cnc3c(c2)ncn3C)CC1. The third-order valence-corrected chi connectivity index (χ3v) is 3.84. The lowest BCUT2D eigenvalue weighted by Crippen LogP contribution is -2.46. The number of carbonyl (C=O) groups excluding carboxylic acids is 1. The molecule has 2 aromatic heterocycles. The first-order valence-corrected chi connectivity index (χ1v) is 6.84. The number of nitrogens with zero attached hydrogens (tertiary/aromatic N) is 5. The van der Waals surface area contributed by atoms with Gasteiger partial charge in [-0.05, 0) is 13.1 Å². The normalized spacial score (nSPS) is 17.7. The second-order valence-electron chi connectivity index (χ2n) is 5.42. The first-order valence-electron chi connectivity index (χ1n) is 6.84. The average Bonchev–Trinajstić information content (AvgIpc) is 2.82. The van der Waals surface area contributed by atoms with Gasteiger partial charge in [-0.3, -0.25) is 9.69 Å². The quantitative estimate of drug-likeness (QED) is 0.758. The van der Waals surface area contributed by atoms with Crippen LogP contribution in [-0.2, 0) is 7.05 Å². The summed E-state index contributed by atoms with van der Waals surface area (Å²) in [6, 6.07) is 1.83. The second kappa shape index (κ2) is 5.30. The van der Waals surface area contributed by atoms with E-state index in [-0.39, 0.29) is 5.78 Å². The highest BCUT2D eigenvalue weighted by molar-refractivity contribution is 5.99. The van der Waals surface area contributed by atoms with Crippen molar-refractivity contribution in [2.24, 2.45) is 7.05 Å². The van der Waals surface area contributed by atoms with Crippen molar-refractivity contribution in [2.75, 3.05) is 39.8 Å². The zero-order valence-corrected chi connectivity index (χ0v) is 11.9. The molecule has 0 unspecified atom stereocenters. The number of aryl methyl sites for hydroxylation is 1. The summed E-state index contributed by atoms with van der Waals surface area (Å²) < 4.78 is 1.85. The molecule has 0 amide bonds. The van der Waals surface area contributed by atoms with Crippen molar-refractivity contribution in [3.8, 4) is 0 Å². The fourth-order valence-electron chi connectivity index (χ4n) is 2.47. The van der Waals surface area contributed by atoms with Crippen molar-refractivity contribution >= 4 is 16.9 Å². The maximum Gasteiger partial charge on any atom is 0.178 e. The summed E-state index contributed by atoms with van der Waals surface area (Å²) in [6.07, 6.45) is 3.37. The number of hydrogen-bond donors (Lipinski definition) is 0. The van der Waals surface area contributed by atoms with Crippen LogP contribution in [0.5, 0.6) is 0 Å². The Morgan fingerprint density at radius 3 is 2.70 bits per heavy atom. The predicted molar refractivity (Wildman–Crippen MR) is 76.8 cm³/mol. The molecule has 0 N–H and O–H groups in total. The lowest BCUT2D eigenvalue weighted by Gasteiger charge is -2.31. The van der Waals surface area contributed by atoms with Gasteiger partial charge in [0.2, 0.25) is 0 Å². The minimum atomic E-state index is 0.120. The Kier molecular flexibility index (Phi) is 3.50. The molecule has 2 aromatic rings. The Labute approximate surface area is 118 Å². The van der Waals surface area contributed by atoms with Crippen molar-refractivity contribution < 1.29 is 4.79 Å². The van der Waals surface area contributed by atoms with Crippen LogP contribution < -0.4 is 0 Å². The molecule has 0 radical (unpaired) electrons. The topological polar surface area (TPSA) is 54.3 Å². The number of fused-ring (bicyclic) bond motifs is 1. The molecule has 0 aliphatic carbocycles. The number of piperazine rings is 1. The van der Waals surface area contributed by atoms with Gasteiger partial charge in [0.15, 0.2) is 11.4 Å². The minimum absolute atomic E-state index is 0.120. The van der Waals surface area contributed by atoms with E-state index in [0.29, 0.717) is 12.1 Å². The van der Waals surface area contributed by atoms with E-state index in [9.17, 15) is 4.79 Å². The Morgan fingerprint density at radius 1 is 1.20 bits per heavy atom. The molecule has 0 spiro atoms. The van der Waals surface area contributed by atoms with Crippen molar-refractivity contribution in [1.82, 2.24) is 24.3 Å². The number of likely N-dealkylation sites (N-methyl/N-ethyl adjacent to an activating group) is 1. The maximum atomic E-state index is 12.3. The highest BCUT2D eigenvalue weighted by Gasteiger charge is 2.18. The molecule has 0 bridgehead atoms. The number of hydrogen-bond acceptors (Lipinski definition) is 5. The van der Waals surface area contributed by atoms with Crippen LogP contribution in [0.25, 0.3) is 11.2 Å². The summed E-state index contributed by atoms with van der Waals surface area (Å²) in [5.41, 5.74) is 2.23. The lowest BCUT2D eigenvalue weighted by atomic mass is 10.1. The number of imidazole rings is 1. The number of Topliss-reactive ketones (excluding diaryl/α,β-unsaturated/α-hetero) is 1. The smallest absolute Gasteiger partial charge is 0.178 e. The number of aromatic nitrogens is 3. The van der Waals surface area contributed by atoms with E-state index in [1.165, 1.54) is 0 Å². The summed E-state index contributed by atoms with van der Waals surface area (Å²) in [5, 5.41) is 0. The average molecular weight is 273 g/mol. The van der Waals surface area contributed by atoms with Gasteiger partial charge in [-0.2, -0.15) is 0 Å². The van der Waals surface area contributed by atoms with Gasteiger partial charge in [0.05, 0.1) is 12.9 Å². The van der Waals surface area contributed by atoms with Gasteiger partial charge in [0.25, 0.3) is 0 Å². The van der Waals surface area contributed by atoms with Gasteiger partial charge in [-0.25, -0.2) is 9.97 Å². The highest BCUT2D eigenvalue weighted by atomic mass is 16.1. The van der Waals surface area contributed by atoms with Crippen LogP contribution in [0.2, 0.25) is 0 Å². The van der Waals surface area contributed by atoms with E-state index in [1.54, 1.807) is 12.5 Å². The van der Waals surface area contributed by atoms with Crippen LogP contribution in [0.3, 0.4) is 0 Å². The molecular formula is C14H19N5O. The van der Waals surface area contributed by atoms with E-state index < -0.39 is 0 Å². The van der Waals surface area contributed by atoms with Crippen LogP contribution >= 0.6 is 0 Å². The molecule has 20 heavy (non-hydrogen) atoms. The first kappa shape index (κ1) is 13.2. The van der Waals surface area contributed by atoms with E-state index in [0.717, 1.165) is 37.3 Å². The summed E-state index contributed by atoms with van der Waals surface area (Å²) in [6.45, 7) is 4.40. The van der Waals surface area contributed by atoms with E-state index >= 15 is 0 Å². The zero-order chi connectivity index (χ0) is 14.1. The van der Waals surface area contributed by atoms with Crippen molar-refractivity contribution in [3.63, 3.8) is 0 Å². The molecule has 0 atom stereocenters. The molecule has 1 aliphatic rings. The molecule has 1 aliphatic heterocycles. The number of ketones is 1. The molecule has 1 saturated heterocycles. The Morgan fingerprint density at radius 2 is 1.95 bits per heavy atom.